The van der Waals surface area contributed by atoms with Crippen LogP contribution in [0.2, 0.25) is 0 Å². The van der Waals surface area contributed by atoms with E-state index in [0.29, 0.717) is 6.42 Å². The molecule has 5 heteroatoms. The van der Waals surface area contributed by atoms with Crippen LogP contribution in [0.15, 0.2) is 46.5 Å². The van der Waals surface area contributed by atoms with Crippen LogP contribution in [0.25, 0.3) is 11.1 Å². The molecule has 4 rings (SSSR count). The molecule has 1 aromatic carbocycles. The molecule has 0 radical (unpaired) electrons. The van der Waals surface area contributed by atoms with Crippen LogP contribution in [0.4, 0.5) is 5.69 Å². The van der Waals surface area contributed by atoms with E-state index >= 15 is 0 Å². The molecule has 1 aliphatic heterocycles. The SMILES string of the molecule is COc1ccc(-c2csc3c2NC(=O)C[C@@H]3c2ccsc2)cc1. The summed E-state index contributed by atoms with van der Waals surface area (Å²) in [5, 5.41) is 9.42. The van der Waals surface area contributed by atoms with Gasteiger partial charge in [0.05, 0.1) is 12.8 Å². The number of carbonyl (C=O) groups excluding carboxylic acids is 1. The predicted octanol–water partition coefficient (Wildman–Crippen LogP) is 4.96. The normalized spacial score (nSPS) is 16.7. The molecule has 0 unspecified atom stereocenters. The number of methoxy groups -OCH3 is 1. The largest absolute Gasteiger partial charge is 0.497 e. The summed E-state index contributed by atoms with van der Waals surface area (Å²) < 4.78 is 5.22. The minimum absolute atomic E-state index is 0.0851. The molecule has 3 aromatic rings. The first-order chi connectivity index (χ1) is 11.3. The maximum atomic E-state index is 12.2. The molecule has 23 heavy (non-hydrogen) atoms. The number of carbonyl (C=O) groups is 1. The van der Waals surface area contributed by atoms with Crippen molar-refractivity contribution >= 4 is 34.3 Å². The smallest absolute Gasteiger partial charge is 0.225 e. The van der Waals surface area contributed by atoms with Crippen LogP contribution in [0.5, 0.6) is 5.75 Å². The van der Waals surface area contributed by atoms with E-state index in [1.54, 1.807) is 29.8 Å². The standard InChI is InChI=1S/C18H15NO2S2/c1-21-13-4-2-11(3-5-13)15-10-23-18-14(12-6-7-22-9-12)8-16(20)19-17(15)18/h2-7,9-10,14H,8H2,1H3,(H,19,20)/t14-/m1/s1. The third-order valence-electron chi connectivity index (χ3n) is 4.14. The van der Waals surface area contributed by atoms with E-state index in [1.807, 2.05) is 24.3 Å². The number of hydrogen-bond acceptors (Lipinski definition) is 4. The third-order valence-corrected chi connectivity index (χ3v) is 5.93. The number of anilines is 1. The van der Waals surface area contributed by atoms with Crippen molar-refractivity contribution in [3.63, 3.8) is 0 Å². The summed E-state index contributed by atoms with van der Waals surface area (Å²) in [4.78, 5) is 13.4. The molecule has 3 heterocycles. The van der Waals surface area contributed by atoms with Gasteiger partial charge < -0.3 is 10.1 Å². The number of benzene rings is 1. The molecule has 1 atom stereocenters. The van der Waals surface area contributed by atoms with E-state index in [4.69, 9.17) is 4.74 Å². The predicted molar refractivity (Wildman–Crippen MR) is 95.7 cm³/mol. The highest BCUT2D eigenvalue weighted by Gasteiger charge is 2.30. The highest BCUT2D eigenvalue weighted by atomic mass is 32.1. The van der Waals surface area contributed by atoms with E-state index in [9.17, 15) is 4.79 Å². The highest BCUT2D eigenvalue weighted by Crippen LogP contribution is 2.46. The fraction of sp³-hybridized carbons (Fsp3) is 0.167. The van der Waals surface area contributed by atoms with Crippen LogP contribution in [-0.2, 0) is 4.79 Å². The van der Waals surface area contributed by atoms with Crippen molar-refractivity contribution < 1.29 is 9.53 Å². The minimum Gasteiger partial charge on any atom is -0.497 e. The number of thiophene rings is 2. The summed E-state index contributed by atoms with van der Waals surface area (Å²) in [6, 6.07) is 10.1. The number of amides is 1. The van der Waals surface area contributed by atoms with Crippen LogP contribution in [-0.4, -0.2) is 13.0 Å². The van der Waals surface area contributed by atoms with Crippen molar-refractivity contribution in [1.29, 1.82) is 0 Å². The van der Waals surface area contributed by atoms with Crippen molar-refractivity contribution in [1.82, 2.24) is 0 Å². The molecule has 0 saturated heterocycles. The fourth-order valence-corrected chi connectivity index (χ4v) is 4.83. The van der Waals surface area contributed by atoms with Crippen LogP contribution in [0, 0.1) is 0 Å². The molecule has 0 fully saturated rings. The Balaban J connectivity index is 1.78. The Morgan fingerprint density at radius 1 is 1.17 bits per heavy atom. The number of rotatable bonds is 3. The maximum absolute atomic E-state index is 12.2. The second-order valence-corrected chi connectivity index (χ2v) is 7.17. The van der Waals surface area contributed by atoms with E-state index < -0.39 is 0 Å². The zero-order valence-electron chi connectivity index (χ0n) is 12.5. The molecule has 1 amide bonds. The summed E-state index contributed by atoms with van der Waals surface area (Å²) >= 11 is 3.40. The molecule has 0 saturated carbocycles. The van der Waals surface area contributed by atoms with Gasteiger partial charge in [-0.2, -0.15) is 11.3 Å². The Labute approximate surface area is 142 Å². The lowest BCUT2D eigenvalue weighted by molar-refractivity contribution is -0.116. The second-order valence-electron chi connectivity index (χ2n) is 5.48. The van der Waals surface area contributed by atoms with E-state index in [0.717, 1.165) is 22.6 Å². The minimum atomic E-state index is 0.0851. The topological polar surface area (TPSA) is 38.3 Å². The summed E-state index contributed by atoms with van der Waals surface area (Å²) in [6.07, 6.45) is 0.520. The molecule has 1 aliphatic rings. The van der Waals surface area contributed by atoms with Gasteiger partial charge in [0.25, 0.3) is 0 Å². The van der Waals surface area contributed by atoms with Gasteiger partial charge in [0.2, 0.25) is 5.91 Å². The third kappa shape index (κ3) is 2.56. The molecular formula is C18H15NO2S2. The van der Waals surface area contributed by atoms with Crippen LogP contribution >= 0.6 is 22.7 Å². The summed E-state index contributed by atoms with van der Waals surface area (Å²) in [7, 11) is 1.66. The van der Waals surface area contributed by atoms with Crippen LogP contribution in [0.1, 0.15) is 22.8 Å². The summed E-state index contributed by atoms with van der Waals surface area (Å²) in [5.74, 6) is 1.09. The Kier molecular flexibility index (Phi) is 3.67. The average Bonchev–Trinajstić information content (AvgIpc) is 3.24. The molecule has 116 valence electrons. The Morgan fingerprint density at radius 2 is 2.00 bits per heavy atom. The van der Waals surface area contributed by atoms with Gasteiger partial charge in [-0.3, -0.25) is 4.79 Å². The first-order valence-corrected chi connectivity index (χ1v) is 9.16. The zero-order chi connectivity index (χ0) is 15.8. The van der Waals surface area contributed by atoms with Crippen molar-refractivity contribution in [2.75, 3.05) is 12.4 Å². The fourth-order valence-electron chi connectivity index (χ4n) is 2.95. The Bertz CT molecular complexity index is 835. The monoisotopic (exact) mass is 341 g/mol. The summed E-state index contributed by atoms with van der Waals surface area (Å²) in [5.41, 5.74) is 4.37. The van der Waals surface area contributed by atoms with Gasteiger partial charge in [0, 0.05) is 28.2 Å². The molecule has 0 bridgehead atoms. The number of fused-ring (bicyclic) bond motifs is 1. The van der Waals surface area contributed by atoms with Gasteiger partial charge in [-0.1, -0.05) is 12.1 Å². The van der Waals surface area contributed by atoms with Gasteiger partial charge in [-0.05, 0) is 40.1 Å². The van der Waals surface area contributed by atoms with Crippen molar-refractivity contribution in [2.24, 2.45) is 0 Å². The van der Waals surface area contributed by atoms with E-state index in [2.05, 4.69) is 27.5 Å². The maximum Gasteiger partial charge on any atom is 0.225 e. The van der Waals surface area contributed by atoms with Crippen LogP contribution < -0.4 is 10.1 Å². The zero-order valence-corrected chi connectivity index (χ0v) is 14.2. The van der Waals surface area contributed by atoms with Crippen molar-refractivity contribution in [3.8, 4) is 16.9 Å². The summed E-state index contributed by atoms with van der Waals surface area (Å²) in [6.45, 7) is 0. The van der Waals surface area contributed by atoms with E-state index in [1.165, 1.54) is 10.4 Å². The lowest BCUT2D eigenvalue weighted by Crippen LogP contribution is -2.22. The molecular weight excluding hydrogens is 326 g/mol. The van der Waals surface area contributed by atoms with Gasteiger partial charge in [0.1, 0.15) is 5.75 Å². The quantitative estimate of drug-likeness (QED) is 0.731. The average molecular weight is 341 g/mol. The van der Waals surface area contributed by atoms with Crippen molar-refractivity contribution in [2.45, 2.75) is 12.3 Å². The lowest BCUT2D eigenvalue weighted by atomic mass is 9.91. The molecule has 2 aromatic heterocycles. The molecule has 0 spiro atoms. The molecule has 3 nitrogen and oxygen atoms in total. The lowest BCUT2D eigenvalue weighted by Gasteiger charge is -2.23. The first kappa shape index (κ1) is 14.5. The van der Waals surface area contributed by atoms with Gasteiger partial charge in [0.15, 0.2) is 0 Å². The second kappa shape index (κ2) is 5.83. The van der Waals surface area contributed by atoms with Gasteiger partial charge >= 0.3 is 0 Å². The number of nitrogens with one attached hydrogen (secondary N) is 1. The Morgan fingerprint density at radius 3 is 2.70 bits per heavy atom. The van der Waals surface area contributed by atoms with Crippen LogP contribution in [0.3, 0.4) is 0 Å². The van der Waals surface area contributed by atoms with Gasteiger partial charge in [-0.25, -0.2) is 0 Å². The first-order valence-electron chi connectivity index (χ1n) is 7.34. The van der Waals surface area contributed by atoms with Crippen molar-refractivity contribution in [3.05, 3.63) is 56.9 Å². The van der Waals surface area contributed by atoms with E-state index in [-0.39, 0.29) is 11.8 Å². The number of ether oxygens (including phenoxy) is 1. The molecule has 1 N–H and O–H groups in total. The number of hydrogen-bond donors (Lipinski definition) is 1. The highest BCUT2D eigenvalue weighted by molar-refractivity contribution is 7.11. The van der Waals surface area contributed by atoms with Gasteiger partial charge in [-0.15, -0.1) is 11.3 Å². The molecule has 0 aliphatic carbocycles. The Hall–Kier alpha value is -2.11.